The summed E-state index contributed by atoms with van der Waals surface area (Å²) in [7, 11) is -3.12. The maximum atomic E-state index is 12.3. The summed E-state index contributed by atoms with van der Waals surface area (Å²) in [5, 5.41) is 13.6. The fraction of sp³-hybridized carbons (Fsp3) is 0.0455. The number of rotatable bonds is 7. The van der Waals surface area contributed by atoms with Gasteiger partial charge < -0.3 is 10.1 Å². The highest BCUT2D eigenvalue weighted by Crippen LogP contribution is 2.24. The van der Waals surface area contributed by atoms with Crippen molar-refractivity contribution in [3.05, 3.63) is 93.5 Å². The molecule has 0 aliphatic heterocycles. The number of carbonyl (C=O) groups excluding carboxylic acids is 1. The summed E-state index contributed by atoms with van der Waals surface area (Å²) >= 11 is 0. The number of nitro groups is 1. The third kappa shape index (κ3) is 5.56. The van der Waals surface area contributed by atoms with E-state index in [9.17, 15) is 27.9 Å². The van der Waals surface area contributed by atoms with Crippen LogP contribution in [-0.4, -0.2) is 30.9 Å². The van der Waals surface area contributed by atoms with Crippen molar-refractivity contribution in [2.45, 2.75) is 4.90 Å². The molecule has 0 unspecified atom stereocenters. The Morgan fingerprint density at radius 2 is 1.69 bits per heavy atom. The van der Waals surface area contributed by atoms with Gasteiger partial charge in [0.15, 0.2) is 0 Å². The molecule has 9 nitrogen and oxygen atoms in total. The second-order valence-corrected chi connectivity index (χ2v) is 7.98. The van der Waals surface area contributed by atoms with E-state index in [0.29, 0.717) is 22.6 Å². The Kier molecular flexibility index (Phi) is 6.67. The van der Waals surface area contributed by atoms with Crippen LogP contribution in [-0.2, 0) is 10.1 Å². The van der Waals surface area contributed by atoms with E-state index in [1.165, 1.54) is 19.3 Å². The van der Waals surface area contributed by atoms with Gasteiger partial charge in [0.2, 0.25) is 0 Å². The number of nitro benzene ring substituents is 1. The van der Waals surface area contributed by atoms with Gasteiger partial charge in [0, 0.05) is 23.4 Å². The molecule has 0 saturated heterocycles. The van der Waals surface area contributed by atoms with E-state index in [4.69, 9.17) is 4.74 Å². The number of hydrogen-bond donors (Lipinski definition) is 2. The van der Waals surface area contributed by atoms with Crippen LogP contribution in [0.15, 0.2) is 71.6 Å². The fourth-order valence-corrected chi connectivity index (χ4v) is 3.51. The minimum absolute atomic E-state index is 0.0926. The predicted molar refractivity (Wildman–Crippen MR) is 119 cm³/mol. The molecule has 0 heterocycles. The normalized spacial score (nSPS) is 11.3. The second-order valence-electron chi connectivity index (χ2n) is 6.59. The van der Waals surface area contributed by atoms with Crippen LogP contribution in [0.4, 0.5) is 11.4 Å². The largest absolute Gasteiger partial charge is 0.497 e. The van der Waals surface area contributed by atoms with Crippen molar-refractivity contribution in [3.8, 4) is 5.75 Å². The van der Waals surface area contributed by atoms with Gasteiger partial charge in [-0.25, -0.2) is 0 Å². The van der Waals surface area contributed by atoms with Gasteiger partial charge in [-0.05, 0) is 53.6 Å². The number of nitrogens with zero attached hydrogens (tertiary/aromatic N) is 1. The first-order valence-corrected chi connectivity index (χ1v) is 10.6. The van der Waals surface area contributed by atoms with Gasteiger partial charge in [0.1, 0.15) is 10.6 Å². The Labute approximate surface area is 183 Å². The Bertz CT molecular complexity index is 1280. The molecule has 10 heteroatoms. The van der Waals surface area contributed by atoms with Gasteiger partial charge >= 0.3 is 0 Å². The van der Waals surface area contributed by atoms with Crippen molar-refractivity contribution in [1.29, 1.82) is 0 Å². The zero-order chi connectivity index (χ0) is 23.3. The van der Waals surface area contributed by atoms with Crippen LogP contribution in [0.2, 0.25) is 0 Å². The number of ether oxygens (including phenoxy) is 1. The van der Waals surface area contributed by atoms with Gasteiger partial charge in [-0.3, -0.25) is 19.5 Å². The fourth-order valence-electron chi connectivity index (χ4n) is 2.81. The summed E-state index contributed by atoms with van der Waals surface area (Å²) in [6, 6.07) is 16.5. The van der Waals surface area contributed by atoms with Gasteiger partial charge in [-0.1, -0.05) is 24.3 Å². The molecule has 0 bridgehead atoms. The van der Waals surface area contributed by atoms with Gasteiger partial charge in [-0.2, -0.15) is 8.42 Å². The SMILES string of the molecule is COc1ccc(C(=O)Nc2ccc(/C=C/c3ccc([N+](=O)[O-])cc3S(=O)(=O)O)cc2)cc1. The van der Waals surface area contributed by atoms with E-state index in [0.717, 1.165) is 12.1 Å². The highest BCUT2D eigenvalue weighted by atomic mass is 32.2. The first-order chi connectivity index (χ1) is 15.2. The highest BCUT2D eigenvalue weighted by Gasteiger charge is 2.18. The molecule has 0 saturated carbocycles. The van der Waals surface area contributed by atoms with E-state index < -0.39 is 25.6 Å². The second kappa shape index (κ2) is 9.41. The lowest BCUT2D eigenvalue weighted by molar-refractivity contribution is -0.385. The molecule has 1 amide bonds. The third-order valence-electron chi connectivity index (χ3n) is 4.46. The minimum atomic E-state index is -4.66. The Morgan fingerprint density at radius 1 is 1.03 bits per heavy atom. The van der Waals surface area contributed by atoms with E-state index in [1.807, 2.05) is 0 Å². The van der Waals surface area contributed by atoms with Crippen molar-refractivity contribution in [2.75, 3.05) is 12.4 Å². The molecule has 3 rings (SSSR count). The Morgan fingerprint density at radius 3 is 2.25 bits per heavy atom. The van der Waals surface area contributed by atoms with Crippen molar-refractivity contribution in [1.82, 2.24) is 0 Å². The number of methoxy groups -OCH3 is 1. The summed E-state index contributed by atoms with van der Waals surface area (Å²) in [4.78, 5) is 21.9. The minimum Gasteiger partial charge on any atom is -0.497 e. The Hall–Kier alpha value is -4.02. The lowest BCUT2D eigenvalue weighted by atomic mass is 10.1. The number of benzene rings is 3. The number of hydrogen-bond acceptors (Lipinski definition) is 6. The zero-order valence-electron chi connectivity index (χ0n) is 16.8. The van der Waals surface area contributed by atoms with Crippen molar-refractivity contribution >= 4 is 39.6 Å². The average molecular weight is 454 g/mol. The number of non-ortho nitro benzene ring substituents is 1. The summed E-state index contributed by atoms with van der Waals surface area (Å²) in [5.41, 5.74) is 1.33. The molecule has 0 radical (unpaired) electrons. The summed E-state index contributed by atoms with van der Waals surface area (Å²) in [6.45, 7) is 0. The number of carbonyl (C=O) groups is 1. The van der Waals surface area contributed by atoms with Gasteiger partial charge in [-0.15, -0.1) is 0 Å². The topological polar surface area (TPSA) is 136 Å². The average Bonchev–Trinajstić information content (AvgIpc) is 2.77. The summed E-state index contributed by atoms with van der Waals surface area (Å²) < 4.78 is 37.6. The van der Waals surface area contributed by atoms with Crippen molar-refractivity contribution < 1.29 is 27.4 Å². The van der Waals surface area contributed by atoms with Gasteiger partial charge in [0.05, 0.1) is 12.0 Å². The Balaban J connectivity index is 1.75. The molecule has 2 N–H and O–H groups in total. The smallest absolute Gasteiger partial charge is 0.295 e. The molecule has 0 spiro atoms. The first-order valence-electron chi connectivity index (χ1n) is 9.17. The zero-order valence-corrected chi connectivity index (χ0v) is 17.6. The standard InChI is InChI=1S/C22H18N2O7S/c1-31-20-12-7-17(8-13-20)22(25)23-18-9-3-15(4-10-18)2-5-16-6-11-19(24(26)27)14-21(16)32(28,29)30/h2-14H,1H3,(H,23,25)(H,28,29,30)/b5-2+. The number of nitrogens with one attached hydrogen (secondary N) is 1. The molecule has 0 aliphatic rings. The molecule has 3 aromatic carbocycles. The lowest BCUT2D eigenvalue weighted by Crippen LogP contribution is -2.11. The first kappa shape index (κ1) is 22.7. The maximum Gasteiger partial charge on any atom is 0.295 e. The lowest BCUT2D eigenvalue weighted by Gasteiger charge is -2.07. The molecule has 0 aromatic heterocycles. The molecule has 164 valence electrons. The number of anilines is 1. The monoisotopic (exact) mass is 454 g/mol. The molecule has 0 fully saturated rings. The molecule has 0 aliphatic carbocycles. The molecule has 3 aromatic rings. The third-order valence-corrected chi connectivity index (χ3v) is 5.37. The number of amides is 1. The highest BCUT2D eigenvalue weighted by molar-refractivity contribution is 7.86. The van der Waals surface area contributed by atoms with Crippen LogP contribution in [0, 0.1) is 10.1 Å². The predicted octanol–water partition coefficient (Wildman–Crippen LogP) is 4.27. The maximum absolute atomic E-state index is 12.3. The molecule has 32 heavy (non-hydrogen) atoms. The molecular weight excluding hydrogens is 436 g/mol. The van der Waals surface area contributed by atoms with Crippen LogP contribution in [0.25, 0.3) is 12.2 Å². The van der Waals surface area contributed by atoms with E-state index in [-0.39, 0.29) is 11.5 Å². The summed E-state index contributed by atoms with van der Waals surface area (Å²) in [5.74, 6) is 0.350. The van der Waals surface area contributed by atoms with Crippen molar-refractivity contribution in [3.63, 3.8) is 0 Å². The van der Waals surface area contributed by atoms with E-state index >= 15 is 0 Å². The summed E-state index contributed by atoms with van der Waals surface area (Å²) in [6.07, 6.45) is 2.99. The quantitative estimate of drug-likeness (QED) is 0.235. The van der Waals surface area contributed by atoms with Crippen LogP contribution < -0.4 is 10.1 Å². The van der Waals surface area contributed by atoms with Crippen LogP contribution in [0.5, 0.6) is 5.75 Å². The van der Waals surface area contributed by atoms with Gasteiger partial charge in [0.25, 0.3) is 21.7 Å². The van der Waals surface area contributed by atoms with E-state index in [2.05, 4.69) is 5.32 Å². The van der Waals surface area contributed by atoms with Crippen LogP contribution >= 0.6 is 0 Å². The van der Waals surface area contributed by atoms with Crippen LogP contribution in [0.3, 0.4) is 0 Å². The molecule has 0 atom stereocenters. The van der Waals surface area contributed by atoms with Crippen LogP contribution in [0.1, 0.15) is 21.5 Å². The molecular formula is C22H18N2O7S. The van der Waals surface area contributed by atoms with E-state index in [1.54, 1.807) is 54.6 Å². The van der Waals surface area contributed by atoms with Crippen molar-refractivity contribution in [2.24, 2.45) is 0 Å².